The van der Waals surface area contributed by atoms with Crippen LogP contribution in [0.4, 0.5) is 8.78 Å². The van der Waals surface area contributed by atoms with Crippen molar-refractivity contribution in [3.8, 4) is 0 Å². The predicted molar refractivity (Wildman–Crippen MR) is 101 cm³/mol. The summed E-state index contributed by atoms with van der Waals surface area (Å²) in [5.41, 5.74) is 1.11. The highest BCUT2D eigenvalue weighted by Gasteiger charge is 2.30. The van der Waals surface area contributed by atoms with Crippen molar-refractivity contribution in [3.63, 3.8) is 0 Å². The first-order valence-corrected chi connectivity index (χ1v) is 10.2. The average molecular weight is 367 g/mol. The SMILES string of the molecule is FCCC=C[C@H]1CC[C@H]([C@H]2CC[C@H](c3ccc(Cl)c(F)c3)CC2)CC1. The van der Waals surface area contributed by atoms with Crippen LogP contribution in [0.15, 0.2) is 30.4 Å². The maximum atomic E-state index is 13.7. The minimum atomic E-state index is -0.291. The molecule has 0 atom stereocenters. The Morgan fingerprint density at radius 2 is 1.60 bits per heavy atom. The van der Waals surface area contributed by atoms with Gasteiger partial charge in [-0.3, -0.25) is 4.39 Å². The Hall–Kier alpha value is -0.890. The van der Waals surface area contributed by atoms with Crippen molar-refractivity contribution in [1.82, 2.24) is 0 Å². The lowest BCUT2D eigenvalue weighted by Crippen LogP contribution is -2.25. The predicted octanol–water partition coefficient (Wildman–Crippen LogP) is 7.48. The topological polar surface area (TPSA) is 0 Å². The van der Waals surface area contributed by atoms with Crippen LogP contribution in [0.5, 0.6) is 0 Å². The number of benzene rings is 1. The lowest BCUT2D eigenvalue weighted by atomic mass is 9.68. The lowest BCUT2D eigenvalue weighted by Gasteiger charge is -2.37. The molecule has 2 saturated carbocycles. The smallest absolute Gasteiger partial charge is 0.142 e. The molecule has 2 aliphatic rings. The number of rotatable bonds is 5. The summed E-state index contributed by atoms with van der Waals surface area (Å²) in [5.74, 6) is 2.55. The monoisotopic (exact) mass is 366 g/mol. The van der Waals surface area contributed by atoms with E-state index in [9.17, 15) is 8.78 Å². The summed E-state index contributed by atoms with van der Waals surface area (Å²) in [6.07, 6.45) is 14.8. The van der Waals surface area contributed by atoms with Gasteiger partial charge in [-0.05, 0) is 99.2 Å². The molecule has 1 aromatic rings. The van der Waals surface area contributed by atoms with Crippen molar-refractivity contribution in [2.24, 2.45) is 17.8 Å². The summed E-state index contributed by atoms with van der Waals surface area (Å²) in [5, 5.41) is 0.217. The van der Waals surface area contributed by atoms with E-state index in [1.54, 1.807) is 12.1 Å². The maximum Gasteiger partial charge on any atom is 0.142 e. The lowest BCUT2D eigenvalue weighted by molar-refractivity contribution is 0.171. The second-order valence-electron chi connectivity index (χ2n) is 7.87. The molecule has 0 aromatic heterocycles. The number of alkyl halides is 1. The second-order valence-corrected chi connectivity index (χ2v) is 8.27. The summed E-state index contributed by atoms with van der Waals surface area (Å²) >= 11 is 5.80. The average Bonchev–Trinajstić information content (AvgIpc) is 2.65. The van der Waals surface area contributed by atoms with Gasteiger partial charge in [0, 0.05) is 0 Å². The van der Waals surface area contributed by atoms with Gasteiger partial charge >= 0.3 is 0 Å². The van der Waals surface area contributed by atoms with Gasteiger partial charge in [-0.1, -0.05) is 29.8 Å². The summed E-state index contributed by atoms with van der Waals surface area (Å²) in [6.45, 7) is -0.243. The zero-order valence-corrected chi connectivity index (χ0v) is 15.7. The molecular weight excluding hydrogens is 338 g/mol. The van der Waals surface area contributed by atoms with Crippen LogP contribution in [-0.2, 0) is 0 Å². The van der Waals surface area contributed by atoms with Gasteiger partial charge in [0.1, 0.15) is 5.82 Å². The molecule has 1 aromatic carbocycles. The molecule has 0 radical (unpaired) electrons. The highest BCUT2D eigenvalue weighted by atomic mass is 35.5. The van der Waals surface area contributed by atoms with Gasteiger partial charge in [0.15, 0.2) is 0 Å². The second kappa shape index (κ2) is 9.16. The highest BCUT2D eigenvalue weighted by molar-refractivity contribution is 6.30. The van der Waals surface area contributed by atoms with Crippen molar-refractivity contribution >= 4 is 11.6 Å². The van der Waals surface area contributed by atoms with Crippen LogP contribution >= 0.6 is 11.6 Å². The number of allylic oxidation sites excluding steroid dienone is 2. The van der Waals surface area contributed by atoms with Crippen LogP contribution in [0.1, 0.15) is 69.3 Å². The van der Waals surface area contributed by atoms with E-state index >= 15 is 0 Å². The standard InChI is InChI=1S/C22H29ClF2/c23-21-13-12-20(15-22(21)25)19-10-8-18(9-11-19)17-6-4-16(5-7-17)3-1-2-14-24/h1,3,12-13,15-19H,2,4-11,14H2/t16-,17-,18-,19-. The highest BCUT2D eigenvalue weighted by Crippen LogP contribution is 2.44. The van der Waals surface area contributed by atoms with Gasteiger partial charge < -0.3 is 0 Å². The molecule has 0 nitrogen and oxygen atoms in total. The molecule has 0 amide bonds. The molecule has 3 heteroatoms. The van der Waals surface area contributed by atoms with Crippen LogP contribution in [0.3, 0.4) is 0 Å². The Balaban J connectivity index is 1.46. The van der Waals surface area contributed by atoms with Gasteiger partial charge in [0.05, 0.1) is 11.7 Å². The molecule has 0 saturated heterocycles. The Kier molecular flexibility index (Phi) is 6.92. The molecule has 2 fully saturated rings. The van der Waals surface area contributed by atoms with E-state index < -0.39 is 0 Å². The number of hydrogen-bond donors (Lipinski definition) is 0. The Bertz CT molecular complexity index is 567. The summed E-state index contributed by atoms with van der Waals surface area (Å²) in [4.78, 5) is 0. The van der Waals surface area contributed by atoms with E-state index in [1.807, 2.05) is 12.1 Å². The van der Waals surface area contributed by atoms with Gasteiger partial charge in [-0.15, -0.1) is 0 Å². The molecule has 0 N–H and O–H groups in total. The van der Waals surface area contributed by atoms with Crippen molar-refractivity contribution in [1.29, 1.82) is 0 Å². The van der Waals surface area contributed by atoms with Crippen molar-refractivity contribution in [2.45, 2.75) is 63.7 Å². The van der Waals surface area contributed by atoms with E-state index in [4.69, 9.17) is 11.6 Å². The molecular formula is C22H29ClF2. The Labute approximate surface area is 155 Å². The van der Waals surface area contributed by atoms with E-state index in [1.165, 1.54) is 51.4 Å². The summed E-state index contributed by atoms with van der Waals surface area (Å²) < 4.78 is 25.9. The molecule has 25 heavy (non-hydrogen) atoms. The largest absolute Gasteiger partial charge is 0.251 e. The molecule has 2 aliphatic carbocycles. The molecule has 3 rings (SSSR count). The van der Waals surface area contributed by atoms with Crippen molar-refractivity contribution < 1.29 is 8.78 Å². The van der Waals surface area contributed by atoms with E-state index in [-0.39, 0.29) is 17.5 Å². The first kappa shape index (κ1) is 18.9. The van der Waals surface area contributed by atoms with Gasteiger partial charge in [0.25, 0.3) is 0 Å². The molecule has 0 unspecified atom stereocenters. The van der Waals surface area contributed by atoms with Gasteiger partial charge in [-0.25, -0.2) is 4.39 Å². The van der Waals surface area contributed by atoms with Crippen molar-refractivity contribution in [2.75, 3.05) is 6.67 Å². The third kappa shape index (κ3) is 5.06. The minimum Gasteiger partial charge on any atom is -0.251 e. The van der Waals surface area contributed by atoms with Crippen LogP contribution < -0.4 is 0 Å². The van der Waals surface area contributed by atoms with Crippen molar-refractivity contribution in [3.05, 3.63) is 46.8 Å². The van der Waals surface area contributed by atoms with Gasteiger partial charge in [-0.2, -0.15) is 0 Å². The fourth-order valence-electron chi connectivity index (χ4n) is 4.85. The first-order chi connectivity index (χ1) is 12.2. The van der Waals surface area contributed by atoms with E-state index in [0.717, 1.165) is 17.4 Å². The molecule has 0 spiro atoms. The number of hydrogen-bond acceptors (Lipinski definition) is 0. The molecule has 138 valence electrons. The van der Waals surface area contributed by atoms with E-state index in [2.05, 4.69) is 6.08 Å². The molecule has 0 heterocycles. The van der Waals surface area contributed by atoms with E-state index in [0.29, 0.717) is 18.3 Å². The van der Waals surface area contributed by atoms with Gasteiger partial charge in [0.2, 0.25) is 0 Å². The Morgan fingerprint density at radius 3 is 2.20 bits per heavy atom. The minimum absolute atomic E-state index is 0.217. The van der Waals surface area contributed by atoms with Crippen LogP contribution in [0, 0.1) is 23.6 Å². The fourth-order valence-corrected chi connectivity index (χ4v) is 4.97. The fraction of sp³-hybridized carbons (Fsp3) is 0.636. The third-order valence-electron chi connectivity index (χ3n) is 6.35. The first-order valence-electron chi connectivity index (χ1n) is 9.85. The zero-order chi connectivity index (χ0) is 17.6. The summed E-state index contributed by atoms with van der Waals surface area (Å²) in [6, 6.07) is 5.31. The number of halogens is 3. The Morgan fingerprint density at radius 1 is 0.960 bits per heavy atom. The zero-order valence-electron chi connectivity index (χ0n) is 14.9. The summed E-state index contributed by atoms with van der Waals surface area (Å²) in [7, 11) is 0. The quantitative estimate of drug-likeness (QED) is 0.474. The van der Waals surface area contributed by atoms with Crippen LogP contribution in [-0.4, -0.2) is 6.67 Å². The third-order valence-corrected chi connectivity index (χ3v) is 6.66. The normalized spacial score (nSPS) is 30.7. The van der Waals surface area contributed by atoms with Crippen LogP contribution in [0.25, 0.3) is 0 Å². The maximum absolute atomic E-state index is 13.7. The molecule has 0 aliphatic heterocycles. The van der Waals surface area contributed by atoms with Crippen LogP contribution in [0.2, 0.25) is 5.02 Å². The molecule has 0 bridgehead atoms.